The molecule has 0 aromatic heterocycles. The maximum atomic E-state index is 12.0. The Morgan fingerprint density at radius 3 is 2.31 bits per heavy atom. The number of nitrogens with one attached hydrogen (secondary N) is 1. The first-order chi connectivity index (χ1) is 7.58. The number of amides is 1. The standard InChI is InChI=1S/C11H23N3O2/c1-4-7-8-13-10(15)11(5-2,6-3)9(12)14-16/h16H,4-8H2,1-3H3,(H2,12,14)(H,13,15). The summed E-state index contributed by atoms with van der Waals surface area (Å²) in [5.74, 6) is -0.159. The second-order valence-corrected chi connectivity index (χ2v) is 3.88. The van der Waals surface area contributed by atoms with Crippen molar-refractivity contribution in [3.63, 3.8) is 0 Å². The van der Waals surface area contributed by atoms with E-state index >= 15 is 0 Å². The first-order valence-electron chi connectivity index (χ1n) is 5.85. The highest BCUT2D eigenvalue weighted by Gasteiger charge is 2.39. The quantitative estimate of drug-likeness (QED) is 0.203. The number of carbonyl (C=O) groups excluding carboxylic acids is 1. The zero-order valence-electron chi connectivity index (χ0n) is 10.4. The fourth-order valence-corrected chi connectivity index (χ4v) is 1.69. The Labute approximate surface area is 97.1 Å². The van der Waals surface area contributed by atoms with E-state index in [9.17, 15) is 4.79 Å². The van der Waals surface area contributed by atoms with Crippen molar-refractivity contribution in [2.45, 2.75) is 46.5 Å². The van der Waals surface area contributed by atoms with E-state index in [0.29, 0.717) is 19.4 Å². The summed E-state index contributed by atoms with van der Waals surface area (Å²) in [7, 11) is 0. The van der Waals surface area contributed by atoms with Gasteiger partial charge in [0, 0.05) is 6.54 Å². The van der Waals surface area contributed by atoms with E-state index in [1.807, 2.05) is 13.8 Å². The molecule has 0 spiro atoms. The fraction of sp³-hybridized carbons (Fsp3) is 0.818. The van der Waals surface area contributed by atoms with Crippen molar-refractivity contribution in [2.24, 2.45) is 16.3 Å². The average molecular weight is 229 g/mol. The van der Waals surface area contributed by atoms with Crippen LogP contribution in [0, 0.1) is 5.41 Å². The van der Waals surface area contributed by atoms with Gasteiger partial charge in [0.1, 0.15) is 5.41 Å². The minimum atomic E-state index is -0.873. The second-order valence-electron chi connectivity index (χ2n) is 3.88. The van der Waals surface area contributed by atoms with Crippen LogP contribution >= 0.6 is 0 Å². The van der Waals surface area contributed by atoms with Gasteiger partial charge in [0.15, 0.2) is 5.84 Å². The molecule has 0 radical (unpaired) electrons. The second kappa shape index (κ2) is 7.09. The largest absolute Gasteiger partial charge is 0.409 e. The lowest BCUT2D eigenvalue weighted by Gasteiger charge is -2.28. The number of unbranched alkanes of at least 4 members (excludes halogenated alkanes) is 1. The predicted octanol–water partition coefficient (Wildman–Crippen LogP) is 1.46. The molecule has 94 valence electrons. The molecule has 0 fully saturated rings. The maximum Gasteiger partial charge on any atom is 0.233 e. The Morgan fingerprint density at radius 1 is 1.38 bits per heavy atom. The summed E-state index contributed by atoms with van der Waals surface area (Å²) in [6.45, 7) is 6.42. The van der Waals surface area contributed by atoms with Gasteiger partial charge in [-0.2, -0.15) is 0 Å². The topological polar surface area (TPSA) is 87.7 Å². The first-order valence-corrected chi connectivity index (χ1v) is 5.85. The van der Waals surface area contributed by atoms with Gasteiger partial charge in [-0.15, -0.1) is 0 Å². The molecule has 0 aromatic rings. The molecule has 0 aliphatic carbocycles. The number of hydrogen-bond donors (Lipinski definition) is 3. The highest BCUT2D eigenvalue weighted by atomic mass is 16.4. The molecule has 5 heteroatoms. The Hall–Kier alpha value is -1.26. The van der Waals surface area contributed by atoms with Gasteiger partial charge in [0.05, 0.1) is 0 Å². The van der Waals surface area contributed by atoms with Gasteiger partial charge in [-0.3, -0.25) is 4.79 Å². The van der Waals surface area contributed by atoms with Crippen LogP contribution in [0.3, 0.4) is 0 Å². The number of amidine groups is 1. The van der Waals surface area contributed by atoms with E-state index < -0.39 is 5.41 Å². The zero-order chi connectivity index (χ0) is 12.6. The van der Waals surface area contributed by atoms with E-state index in [2.05, 4.69) is 17.4 Å². The van der Waals surface area contributed by atoms with Gasteiger partial charge in [-0.1, -0.05) is 32.3 Å². The SMILES string of the molecule is CCCCNC(=O)C(CC)(CC)C(N)=NO. The Balaban J connectivity index is 4.70. The normalized spacial score (nSPS) is 12.6. The van der Waals surface area contributed by atoms with Crippen molar-refractivity contribution in [3.05, 3.63) is 0 Å². The summed E-state index contributed by atoms with van der Waals surface area (Å²) in [4.78, 5) is 12.0. The van der Waals surface area contributed by atoms with Crippen molar-refractivity contribution in [2.75, 3.05) is 6.54 Å². The van der Waals surface area contributed by atoms with E-state index in [1.165, 1.54) is 0 Å². The number of carbonyl (C=O) groups is 1. The number of hydrogen-bond acceptors (Lipinski definition) is 3. The third-order valence-corrected chi connectivity index (χ3v) is 3.06. The van der Waals surface area contributed by atoms with Crippen molar-refractivity contribution in [3.8, 4) is 0 Å². The highest BCUT2D eigenvalue weighted by molar-refractivity contribution is 6.06. The molecule has 0 aliphatic heterocycles. The molecule has 0 saturated carbocycles. The first kappa shape index (κ1) is 14.7. The summed E-state index contributed by atoms with van der Waals surface area (Å²) in [6, 6.07) is 0. The molecule has 0 bridgehead atoms. The van der Waals surface area contributed by atoms with Crippen LogP contribution in [-0.4, -0.2) is 23.5 Å². The van der Waals surface area contributed by atoms with Gasteiger partial charge in [0.25, 0.3) is 0 Å². The monoisotopic (exact) mass is 229 g/mol. The maximum absolute atomic E-state index is 12.0. The van der Waals surface area contributed by atoms with Crippen molar-refractivity contribution in [1.29, 1.82) is 0 Å². The van der Waals surface area contributed by atoms with Crippen LogP contribution in [0.4, 0.5) is 0 Å². The molecule has 0 unspecified atom stereocenters. The van der Waals surface area contributed by atoms with Crippen molar-refractivity contribution < 1.29 is 10.0 Å². The fourth-order valence-electron chi connectivity index (χ4n) is 1.69. The molecule has 16 heavy (non-hydrogen) atoms. The predicted molar refractivity (Wildman–Crippen MR) is 64.3 cm³/mol. The Morgan fingerprint density at radius 2 is 1.94 bits per heavy atom. The summed E-state index contributed by atoms with van der Waals surface area (Å²) < 4.78 is 0. The van der Waals surface area contributed by atoms with Gasteiger partial charge in [-0.05, 0) is 19.3 Å². The number of rotatable bonds is 7. The van der Waals surface area contributed by atoms with E-state index in [1.54, 1.807) is 0 Å². The molecule has 0 heterocycles. The third-order valence-electron chi connectivity index (χ3n) is 3.06. The Kier molecular flexibility index (Phi) is 6.53. The van der Waals surface area contributed by atoms with Crippen molar-refractivity contribution >= 4 is 11.7 Å². The van der Waals surface area contributed by atoms with E-state index in [0.717, 1.165) is 12.8 Å². The van der Waals surface area contributed by atoms with Gasteiger partial charge < -0.3 is 16.3 Å². The minimum Gasteiger partial charge on any atom is -0.409 e. The van der Waals surface area contributed by atoms with Crippen LogP contribution < -0.4 is 11.1 Å². The zero-order valence-corrected chi connectivity index (χ0v) is 10.4. The van der Waals surface area contributed by atoms with E-state index in [4.69, 9.17) is 10.9 Å². The lowest BCUT2D eigenvalue weighted by Crippen LogP contribution is -2.49. The minimum absolute atomic E-state index is 0.00787. The summed E-state index contributed by atoms with van der Waals surface area (Å²) in [5, 5.41) is 14.6. The van der Waals surface area contributed by atoms with E-state index in [-0.39, 0.29) is 11.7 Å². The summed E-state index contributed by atoms with van der Waals surface area (Å²) >= 11 is 0. The number of oxime groups is 1. The molecule has 0 atom stereocenters. The van der Waals surface area contributed by atoms with Crippen LogP contribution in [0.5, 0.6) is 0 Å². The lowest BCUT2D eigenvalue weighted by atomic mass is 9.80. The molecule has 5 nitrogen and oxygen atoms in total. The van der Waals surface area contributed by atoms with Gasteiger partial charge in [0.2, 0.25) is 5.91 Å². The summed E-state index contributed by atoms with van der Waals surface area (Å²) in [6.07, 6.45) is 3.01. The van der Waals surface area contributed by atoms with Crippen molar-refractivity contribution in [1.82, 2.24) is 5.32 Å². The van der Waals surface area contributed by atoms with Gasteiger partial charge in [-0.25, -0.2) is 0 Å². The molecular weight excluding hydrogens is 206 g/mol. The number of nitrogens with two attached hydrogens (primary N) is 1. The Bertz CT molecular complexity index is 248. The third kappa shape index (κ3) is 3.12. The van der Waals surface area contributed by atoms with Crippen LogP contribution in [0.25, 0.3) is 0 Å². The highest BCUT2D eigenvalue weighted by Crippen LogP contribution is 2.26. The molecule has 0 saturated heterocycles. The molecule has 0 aliphatic rings. The molecule has 0 rings (SSSR count). The van der Waals surface area contributed by atoms with Crippen LogP contribution in [0.1, 0.15) is 46.5 Å². The van der Waals surface area contributed by atoms with Crippen LogP contribution in [0.15, 0.2) is 5.16 Å². The number of nitrogens with zero attached hydrogens (tertiary/aromatic N) is 1. The molecule has 4 N–H and O–H groups in total. The lowest BCUT2D eigenvalue weighted by molar-refractivity contribution is -0.128. The van der Waals surface area contributed by atoms with Crippen LogP contribution in [-0.2, 0) is 4.79 Å². The average Bonchev–Trinajstić information content (AvgIpc) is 2.31. The smallest absolute Gasteiger partial charge is 0.233 e. The summed E-state index contributed by atoms with van der Waals surface area (Å²) in [5.41, 5.74) is 4.75. The molecule has 1 amide bonds. The van der Waals surface area contributed by atoms with Gasteiger partial charge >= 0.3 is 0 Å². The molecular formula is C11H23N3O2. The van der Waals surface area contributed by atoms with Crippen LogP contribution in [0.2, 0.25) is 0 Å². The molecule has 0 aromatic carbocycles.